The summed E-state index contributed by atoms with van der Waals surface area (Å²) in [4.78, 5) is 10.9. The van der Waals surface area contributed by atoms with E-state index in [1.807, 2.05) is 0 Å². The second-order valence-electron chi connectivity index (χ2n) is 5.33. The van der Waals surface area contributed by atoms with Gasteiger partial charge in [-0.1, -0.05) is 58.3 Å². The lowest BCUT2D eigenvalue weighted by Crippen LogP contribution is -2.02. The van der Waals surface area contributed by atoms with E-state index in [1.54, 1.807) is 0 Å². The average Bonchev–Trinajstić information content (AvgIpc) is 2.42. The normalized spacial score (nSPS) is 12.4. The number of halogens is 1. The van der Waals surface area contributed by atoms with Gasteiger partial charge in [0.05, 0.1) is 7.11 Å². The molecule has 0 aromatic carbocycles. The molecule has 0 aliphatic heterocycles. The molecule has 0 aromatic rings. The summed E-state index contributed by atoms with van der Waals surface area (Å²) in [6.07, 6.45) is 14.0. The zero-order valence-corrected chi connectivity index (χ0v) is 13.5. The maximum Gasteiger partial charge on any atom is 0.305 e. The molecule has 0 spiro atoms. The molecule has 2 nitrogen and oxygen atoms in total. The minimum atomic E-state index is -0.113. The van der Waals surface area contributed by atoms with Gasteiger partial charge < -0.3 is 4.74 Å². The highest BCUT2D eigenvalue weighted by atomic mass is 35.5. The first-order chi connectivity index (χ1) is 9.20. The molecular formula is C16H31ClO2. The molecule has 0 saturated carbocycles. The first kappa shape index (κ1) is 18.8. The molecule has 3 heteroatoms. The van der Waals surface area contributed by atoms with Crippen molar-refractivity contribution in [1.29, 1.82) is 0 Å². The number of alkyl halides is 1. The Labute approximate surface area is 124 Å². The third-order valence-corrected chi connectivity index (χ3v) is 3.93. The number of carbonyl (C=O) groups excluding carboxylic acids is 1. The molecule has 0 saturated heterocycles. The number of rotatable bonds is 13. The molecule has 1 unspecified atom stereocenters. The minimum absolute atomic E-state index is 0.113. The van der Waals surface area contributed by atoms with Crippen molar-refractivity contribution in [3.8, 4) is 0 Å². The third kappa shape index (κ3) is 14.0. The molecule has 0 fully saturated rings. The van der Waals surface area contributed by atoms with Crippen molar-refractivity contribution in [2.75, 3.05) is 7.11 Å². The number of esters is 1. The van der Waals surface area contributed by atoms with E-state index < -0.39 is 0 Å². The maximum atomic E-state index is 10.9. The summed E-state index contributed by atoms with van der Waals surface area (Å²) in [5.74, 6) is -0.113. The van der Waals surface area contributed by atoms with Crippen LogP contribution in [0.2, 0.25) is 0 Å². The molecule has 0 aliphatic rings. The van der Waals surface area contributed by atoms with Gasteiger partial charge in [0.2, 0.25) is 0 Å². The fraction of sp³-hybridized carbons (Fsp3) is 0.938. The predicted octanol–water partition coefficient (Wildman–Crippen LogP) is 5.47. The number of ether oxygens (including phenoxy) is 1. The van der Waals surface area contributed by atoms with Crippen molar-refractivity contribution in [3.05, 3.63) is 0 Å². The summed E-state index contributed by atoms with van der Waals surface area (Å²) >= 11 is 6.28. The van der Waals surface area contributed by atoms with Gasteiger partial charge in [-0.25, -0.2) is 0 Å². The molecule has 0 aromatic heterocycles. The Hall–Kier alpha value is -0.240. The molecule has 0 bridgehead atoms. The van der Waals surface area contributed by atoms with Crippen molar-refractivity contribution in [3.63, 3.8) is 0 Å². The Morgan fingerprint density at radius 1 is 0.947 bits per heavy atom. The number of methoxy groups -OCH3 is 1. The summed E-state index contributed by atoms with van der Waals surface area (Å²) in [5, 5.41) is 0.285. The van der Waals surface area contributed by atoms with Crippen LogP contribution >= 0.6 is 11.6 Å². The quantitative estimate of drug-likeness (QED) is 0.255. The molecule has 19 heavy (non-hydrogen) atoms. The Morgan fingerprint density at radius 2 is 1.47 bits per heavy atom. The Kier molecular flexibility index (Phi) is 14.0. The molecule has 0 radical (unpaired) electrons. The predicted molar refractivity (Wildman–Crippen MR) is 82.7 cm³/mol. The molecule has 0 rings (SSSR count). The number of hydrogen-bond acceptors (Lipinski definition) is 2. The zero-order chi connectivity index (χ0) is 14.3. The van der Waals surface area contributed by atoms with Crippen LogP contribution in [0.5, 0.6) is 0 Å². The number of hydrogen-bond donors (Lipinski definition) is 0. The second-order valence-corrected chi connectivity index (χ2v) is 5.95. The van der Waals surface area contributed by atoms with Gasteiger partial charge >= 0.3 is 5.97 Å². The van der Waals surface area contributed by atoms with E-state index in [1.165, 1.54) is 52.1 Å². The molecule has 0 amide bonds. The Morgan fingerprint density at radius 3 is 2.05 bits per heavy atom. The van der Waals surface area contributed by atoms with Gasteiger partial charge in [-0.05, 0) is 19.3 Å². The number of unbranched alkanes of at least 4 members (excludes halogenated alkanes) is 7. The minimum Gasteiger partial charge on any atom is -0.469 e. The van der Waals surface area contributed by atoms with Crippen LogP contribution in [0.3, 0.4) is 0 Å². The van der Waals surface area contributed by atoms with Gasteiger partial charge in [0.1, 0.15) is 0 Å². The molecule has 0 heterocycles. The van der Waals surface area contributed by atoms with Gasteiger partial charge in [-0.15, -0.1) is 11.6 Å². The van der Waals surface area contributed by atoms with Crippen LogP contribution in [-0.2, 0) is 9.53 Å². The maximum absolute atomic E-state index is 10.9. The van der Waals surface area contributed by atoms with Gasteiger partial charge in [0, 0.05) is 11.8 Å². The van der Waals surface area contributed by atoms with Crippen LogP contribution in [0.15, 0.2) is 0 Å². The SMILES string of the molecule is CCCCCCCCCC(Cl)CCCCC(=O)OC. The average molecular weight is 291 g/mol. The van der Waals surface area contributed by atoms with Gasteiger partial charge in [-0.3, -0.25) is 4.79 Å². The van der Waals surface area contributed by atoms with Crippen molar-refractivity contribution in [1.82, 2.24) is 0 Å². The molecular weight excluding hydrogens is 260 g/mol. The summed E-state index contributed by atoms with van der Waals surface area (Å²) < 4.78 is 4.61. The second kappa shape index (κ2) is 14.2. The van der Waals surface area contributed by atoms with Crippen LogP contribution in [0, 0.1) is 0 Å². The summed E-state index contributed by atoms with van der Waals surface area (Å²) in [6.45, 7) is 2.25. The largest absolute Gasteiger partial charge is 0.469 e. The summed E-state index contributed by atoms with van der Waals surface area (Å²) in [5.41, 5.74) is 0. The summed E-state index contributed by atoms with van der Waals surface area (Å²) in [6, 6.07) is 0. The fourth-order valence-corrected chi connectivity index (χ4v) is 2.51. The lowest BCUT2D eigenvalue weighted by molar-refractivity contribution is -0.140. The molecule has 1 atom stereocenters. The Balaban J connectivity index is 3.21. The van der Waals surface area contributed by atoms with Crippen LogP contribution in [-0.4, -0.2) is 18.5 Å². The van der Waals surface area contributed by atoms with Crippen molar-refractivity contribution in [2.45, 2.75) is 89.4 Å². The van der Waals surface area contributed by atoms with Gasteiger partial charge in [-0.2, -0.15) is 0 Å². The van der Waals surface area contributed by atoms with Crippen LogP contribution in [0.1, 0.15) is 84.0 Å². The molecule has 114 valence electrons. The lowest BCUT2D eigenvalue weighted by atomic mass is 10.0. The third-order valence-electron chi connectivity index (χ3n) is 3.50. The van der Waals surface area contributed by atoms with E-state index in [9.17, 15) is 4.79 Å². The van der Waals surface area contributed by atoms with Gasteiger partial charge in [0.25, 0.3) is 0 Å². The van der Waals surface area contributed by atoms with E-state index in [0.29, 0.717) is 6.42 Å². The van der Waals surface area contributed by atoms with Crippen LogP contribution < -0.4 is 0 Å². The fourth-order valence-electron chi connectivity index (χ4n) is 2.20. The van der Waals surface area contributed by atoms with Crippen molar-refractivity contribution < 1.29 is 9.53 Å². The van der Waals surface area contributed by atoms with Crippen LogP contribution in [0.4, 0.5) is 0 Å². The summed E-state index contributed by atoms with van der Waals surface area (Å²) in [7, 11) is 1.44. The monoisotopic (exact) mass is 290 g/mol. The topological polar surface area (TPSA) is 26.3 Å². The smallest absolute Gasteiger partial charge is 0.305 e. The van der Waals surface area contributed by atoms with E-state index in [4.69, 9.17) is 11.6 Å². The first-order valence-electron chi connectivity index (χ1n) is 7.91. The standard InChI is InChI=1S/C16H31ClO2/c1-3-4-5-6-7-8-9-12-15(17)13-10-11-14-16(18)19-2/h15H,3-14H2,1-2H3. The van der Waals surface area contributed by atoms with E-state index in [-0.39, 0.29) is 11.3 Å². The van der Waals surface area contributed by atoms with Crippen molar-refractivity contribution in [2.24, 2.45) is 0 Å². The number of carbonyl (C=O) groups is 1. The van der Waals surface area contributed by atoms with Gasteiger partial charge in [0.15, 0.2) is 0 Å². The van der Waals surface area contributed by atoms with E-state index in [0.717, 1.165) is 25.7 Å². The first-order valence-corrected chi connectivity index (χ1v) is 8.35. The highest BCUT2D eigenvalue weighted by Gasteiger charge is 2.05. The lowest BCUT2D eigenvalue weighted by Gasteiger charge is -2.08. The van der Waals surface area contributed by atoms with Crippen LogP contribution in [0.25, 0.3) is 0 Å². The Bertz CT molecular complexity index is 207. The van der Waals surface area contributed by atoms with E-state index in [2.05, 4.69) is 11.7 Å². The molecule has 0 N–H and O–H groups in total. The highest BCUT2D eigenvalue weighted by molar-refractivity contribution is 6.20. The van der Waals surface area contributed by atoms with Crippen molar-refractivity contribution >= 4 is 17.6 Å². The van der Waals surface area contributed by atoms with E-state index >= 15 is 0 Å². The zero-order valence-electron chi connectivity index (χ0n) is 12.8. The molecule has 0 aliphatic carbocycles. The highest BCUT2D eigenvalue weighted by Crippen LogP contribution is 2.17.